The average Bonchev–Trinajstić information content (AvgIpc) is 3.14. The predicted molar refractivity (Wildman–Crippen MR) is 96.4 cm³/mol. The number of hydrogen-bond acceptors (Lipinski definition) is 3. The van der Waals surface area contributed by atoms with E-state index in [9.17, 15) is 22.8 Å². The van der Waals surface area contributed by atoms with Crippen molar-refractivity contribution >= 4 is 11.8 Å². The standard InChI is InChI=1S/C20H25F3N2O3/c1-12-4-6-13(7-5-12)16(11-14-3-2-10-28-14)24-18(26)15-8-9-17(20(21,22)23)25-19(15)27/h4-7,14-17H,2-3,8-11H2,1H3,(H,24,26)(H,25,27). The van der Waals surface area contributed by atoms with Gasteiger partial charge in [-0.3, -0.25) is 9.59 Å². The van der Waals surface area contributed by atoms with Crippen molar-refractivity contribution in [2.75, 3.05) is 6.61 Å². The molecule has 5 nitrogen and oxygen atoms in total. The Kier molecular flexibility index (Phi) is 6.27. The van der Waals surface area contributed by atoms with Crippen molar-refractivity contribution < 1.29 is 27.5 Å². The minimum Gasteiger partial charge on any atom is -0.378 e. The lowest BCUT2D eigenvalue weighted by atomic mass is 9.91. The lowest BCUT2D eigenvalue weighted by molar-refractivity contribution is -0.171. The van der Waals surface area contributed by atoms with Crippen LogP contribution in [0.5, 0.6) is 0 Å². The average molecular weight is 398 g/mol. The molecular formula is C20H25F3N2O3. The highest BCUT2D eigenvalue weighted by Gasteiger charge is 2.46. The third kappa shape index (κ3) is 5.04. The summed E-state index contributed by atoms with van der Waals surface area (Å²) >= 11 is 0. The van der Waals surface area contributed by atoms with Crippen LogP contribution in [-0.2, 0) is 14.3 Å². The van der Waals surface area contributed by atoms with Gasteiger partial charge in [0.15, 0.2) is 0 Å². The van der Waals surface area contributed by atoms with Gasteiger partial charge in [-0.25, -0.2) is 0 Å². The number of rotatable bonds is 5. The second-order valence-electron chi connectivity index (χ2n) is 7.58. The summed E-state index contributed by atoms with van der Waals surface area (Å²) in [5, 5.41) is 4.80. The van der Waals surface area contributed by atoms with Gasteiger partial charge in [0.1, 0.15) is 12.0 Å². The smallest absolute Gasteiger partial charge is 0.378 e. The van der Waals surface area contributed by atoms with Crippen LogP contribution in [0.25, 0.3) is 0 Å². The van der Waals surface area contributed by atoms with Gasteiger partial charge in [0.2, 0.25) is 11.8 Å². The highest BCUT2D eigenvalue weighted by atomic mass is 19.4. The molecule has 0 aromatic heterocycles. The number of nitrogens with one attached hydrogen (secondary N) is 2. The molecule has 2 amide bonds. The number of ether oxygens (including phenoxy) is 1. The molecule has 2 aliphatic heterocycles. The zero-order chi connectivity index (χ0) is 20.3. The summed E-state index contributed by atoms with van der Waals surface area (Å²) in [6.07, 6.45) is -2.48. The van der Waals surface area contributed by atoms with Crippen LogP contribution in [0.4, 0.5) is 13.2 Å². The SMILES string of the molecule is Cc1ccc(C(CC2CCCO2)NC(=O)C2CCC(C(F)(F)F)NC2=O)cc1. The van der Waals surface area contributed by atoms with E-state index >= 15 is 0 Å². The number of amides is 2. The van der Waals surface area contributed by atoms with E-state index < -0.39 is 30.0 Å². The fourth-order valence-electron chi connectivity index (χ4n) is 3.75. The van der Waals surface area contributed by atoms with Gasteiger partial charge in [0, 0.05) is 6.61 Å². The Morgan fingerprint density at radius 2 is 1.96 bits per heavy atom. The van der Waals surface area contributed by atoms with E-state index in [0.29, 0.717) is 13.0 Å². The predicted octanol–water partition coefficient (Wildman–Crippen LogP) is 3.18. The fourth-order valence-corrected chi connectivity index (χ4v) is 3.75. The molecule has 1 aromatic carbocycles. The zero-order valence-corrected chi connectivity index (χ0v) is 15.7. The van der Waals surface area contributed by atoms with Gasteiger partial charge in [-0.2, -0.15) is 13.2 Å². The molecule has 3 rings (SSSR count). The molecule has 4 atom stereocenters. The van der Waals surface area contributed by atoms with Gasteiger partial charge in [0.25, 0.3) is 0 Å². The van der Waals surface area contributed by atoms with Gasteiger partial charge in [0.05, 0.1) is 12.1 Å². The van der Waals surface area contributed by atoms with Crippen LogP contribution >= 0.6 is 0 Å². The summed E-state index contributed by atoms with van der Waals surface area (Å²) < 4.78 is 44.1. The van der Waals surface area contributed by atoms with Crippen molar-refractivity contribution in [2.45, 2.75) is 63.4 Å². The summed E-state index contributed by atoms with van der Waals surface area (Å²) in [6, 6.07) is 5.45. The van der Waals surface area contributed by atoms with E-state index in [-0.39, 0.29) is 25.0 Å². The quantitative estimate of drug-likeness (QED) is 0.749. The van der Waals surface area contributed by atoms with Crippen molar-refractivity contribution in [1.82, 2.24) is 10.6 Å². The van der Waals surface area contributed by atoms with Gasteiger partial charge >= 0.3 is 6.18 Å². The van der Waals surface area contributed by atoms with E-state index in [4.69, 9.17) is 4.74 Å². The number of benzene rings is 1. The van der Waals surface area contributed by atoms with E-state index in [2.05, 4.69) is 5.32 Å². The number of alkyl halides is 3. The van der Waals surface area contributed by atoms with Crippen LogP contribution in [-0.4, -0.2) is 36.7 Å². The largest absolute Gasteiger partial charge is 0.408 e. The fraction of sp³-hybridized carbons (Fsp3) is 0.600. The van der Waals surface area contributed by atoms with Gasteiger partial charge in [-0.05, 0) is 44.6 Å². The highest BCUT2D eigenvalue weighted by molar-refractivity contribution is 6.01. The van der Waals surface area contributed by atoms with Gasteiger partial charge in [-0.1, -0.05) is 29.8 Å². The number of aryl methyl sites for hydroxylation is 1. The van der Waals surface area contributed by atoms with Crippen molar-refractivity contribution in [1.29, 1.82) is 0 Å². The lowest BCUT2D eigenvalue weighted by Gasteiger charge is -2.31. The molecule has 1 aromatic rings. The first-order chi connectivity index (χ1) is 13.2. The Hall–Kier alpha value is -2.09. The molecule has 0 aliphatic carbocycles. The lowest BCUT2D eigenvalue weighted by Crippen LogP contribution is -2.54. The molecule has 0 bridgehead atoms. The molecule has 2 aliphatic rings. The summed E-state index contributed by atoms with van der Waals surface area (Å²) in [5.74, 6) is -2.52. The first-order valence-corrected chi connectivity index (χ1v) is 9.59. The first-order valence-electron chi connectivity index (χ1n) is 9.59. The number of hydrogen-bond donors (Lipinski definition) is 2. The van der Waals surface area contributed by atoms with Crippen LogP contribution in [0.2, 0.25) is 0 Å². The minimum absolute atomic E-state index is 0.0152. The summed E-state index contributed by atoms with van der Waals surface area (Å²) in [5.41, 5.74) is 1.97. The van der Waals surface area contributed by atoms with Crippen LogP contribution in [0.15, 0.2) is 24.3 Å². The summed E-state index contributed by atoms with van der Waals surface area (Å²) in [7, 11) is 0. The van der Waals surface area contributed by atoms with E-state index in [1.165, 1.54) is 0 Å². The van der Waals surface area contributed by atoms with E-state index in [0.717, 1.165) is 24.0 Å². The van der Waals surface area contributed by atoms with E-state index in [1.54, 1.807) is 0 Å². The topological polar surface area (TPSA) is 67.4 Å². The summed E-state index contributed by atoms with van der Waals surface area (Å²) in [4.78, 5) is 24.8. The van der Waals surface area contributed by atoms with Crippen LogP contribution in [0.1, 0.15) is 49.3 Å². The number of piperidine rings is 1. The third-order valence-electron chi connectivity index (χ3n) is 5.41. The molecule has 28 heavy (non-hydrogen) atoms. The maximum atomic E-state index is 12.8. The molecule has 2 N–H and O–H groups in total. The van der Waals surface area contributed by atoms with Crippen molar-refractivity contribution in [2.24, 2.45) is 5.92 Å². The molecule has 0 saturated carbocycles. The molecule has 2 fully saturated rings. The number of carbonyl (C=O) groups excluding carboxylic acids is 2. The summed E-state index contributed by atoms with van der Waals surface area (Å²) in [6.45, 7) is 2.64. The molecule has 4 unspecified atom stereocenters. The Morgan fingerprint density at radius 3 is 2.54 bits per heavy atom. The van der Waals surface area contributed by atoms with Crippen molar-refractivity contribution in [3.05, 3.63) is 35.4 Å². The zero-order valence-electron chi connectivity index (χ0n) is 15.7. The monoisotopic (exact) mass is 398 g/mol. The minimum atomic E-state index is -4.50. The maximum Gasteiger partial charge on any atom is 0.408 e. The van der Waals surface area contributed by atoms with Crippen LogP contribution in [0, 0.1) is 12.8 Å². The molecule has 2 heterocycles. The van der Waals surface area contributed by atoms with Gasteiger partial charge < -0.3 is 15.4 Å². The molecule has 8 heteroatoms. The highest BCUT2D eigenvalue weighted by Crippen LogP contribution is 2.30. The Bertz CT molecular complexity index is 700. The van der Waals surface area contributed by atoms with Crippen LogP contribution in [0.3, 0.4) is 0 Å². The molecule has 154 valence electrons. The number of carbonyl (C=O) groups is 2. The molecular weight excluding hydrogens is 373 g/mol. The number of halogens is 3. The molecule has 0 spiro atoms. The first kappa shape index (κ1) is 20.6. The van der Waals surface area contributed by atoms with Crippen molar-refractivity contribution in [3.8, 4) is 0 Å². The molecule has 0 radical (unpaired) electrons. The maximum absolute atomic E-state index is 12.8. The Balaban J connectivity index is 1.68. The van der Waals surface area contributed by atoms with Crippen LogP contribution < -0.4 is 10.6 Å². The molecule has 2 saturated heterocycles. The van der Waals surface area contributed by atoms with Gasteiger partial charge in [-0.15, -0.1) is 0 Å². The normalized spacial score (nSPS) is 26.6. The van der Waals surface area contributed by atoms with Crippen molar-refractivity contribution in [3.63, 3.8) is 0 Å². The second kappa shape index (κ2) is 8.51. The Morgan fingerprint density at radius 1 is 1.25 bits per heavy atom. The van der Waals surface area contributed by atoms with E-state index in [1.807, 2.05) is 36.5 Å². The third-order valence-corrected chi connectivity index (χ3v) is 5.41. The Labute approximate surface area is 162 Å². The second-order valence-corrected chi connectivity index (χ2v) is 7.58.